The van der Waals surface area contributed by atoms with Crippen LogP contribution in [0.4, 0.5) is 0 Å². The molecule has 0 aromatic heterocycles. The van der Waals surface area contributed by atoms with Gasteiger partial charge in [0.25, 0.3) is 5.09 Å². The Balaban J connectivity index is 1.48. The summed E-state index contributed by atoms with van der Waals surface area (Å²) in [6.07, 6.45) is 14.3. The van der Waals surface area contributed by atoms with E-state index >= 15 is 0 Å². The molecule has 7 atom stereocenters. The van der Waals surface area contributed by atoms with E-state index in [2.05, 4.69) is 36.4 Å². The minimum Gasteiger partial charge on any atom is -0.456 e. The molecule has 2 aliphatic heterocycles. The number of hydrogen-bond donors (Lipinski definition) is 0. The highest BCUT2D eigenvalue weighted by Gasteiger charge is 2.72. The molecule has 0 amide bonds. The number of allylic oxidation sites excluding steroid dienone is 7. The van der Waals surface area contributed by atoms with E-state index in [9.17, 15) is 19.7 Å². The highest BCUT2D eigenvalue weighted by atomic mass is 17.0. The Hall–Kier alpha value is -3.28. The molecule has 1 spiro atoms. The van der Waals surface area contributed by atoms with Crippen LogP contribution in [0.25, 0.3) is 0 Å². The zero-order valence-electron chi connectivity index (χ0n) is 22.9. The van der Waals surface area contributed by atoms with Gasteiger partial charge in [-0.25, -0.2) is 9.59 Å². The van der Waals surface area contributed by atoms with Gasteiger partial charge in [0, 0.05) is 19.3 Å². The second-order valence-electron chi connectivity index (χ2n) is 10.2. The van der Waals surface area contributed by atoms with Crippen molar-refractivity contribution in [3.8, 4) is 0 Å². The molecule has 0 bridgehead atoms. The number of esters is 2. The van der Waals surface area contributed by atoms with E-state index in [0.29, 0.717) is 13.0 Å². The summed E-state index contributed by atoms with van der Waals surface area (Å²) in [4.78, 5) is 38.3. The Labute approximate surface area is 228 Å². The van der Waals surface area contributed by atoms with Gasteiger partial charge in [0.15, 0.2) is 0 Å². The van der Waals surface area contributed by atoms with Gasteiger partial charge in [0.1, 0.15) is 23.4 Å². The number of epoxide rings is 2. The largest absolute Gasteiger partial charge is 0.456 e. The maximum Gasteiger partial charge on any atom is 0.332 e. The van der Waals surface area contributed by atoms with Crippen molar-refractivity contribution in [3.05, 3.63) is 70.4 Å². The summed E-state index contributed by atoms with van der Waals surface area (Å²) in [6.45, 7) is 8.13. The fourth-order valence-corrected chi connectivity index (χ4v) is 5.13. The topological polar surface area (TPSA) is 139 Å². The summed E-state index contributed by atoms with van der Waals surface area (Å²) in [5.41, 5.74) is 0.565. The van der Waals surface area contributed by atoms with Crippen molar-refractivity contribution in [2.45, 2.75) is 82.8 Å². The average molecular weight is 548 g/mol. The van der Waals surface area contributed by atoms with Crippen LogP contribution in [0.15, 0.2) is 60.3 Å². The summed E-state index contributed by atoms with van der Waals surface area (Å²) in [5.74, 6) is -1.30. The summed E-state index contributed by atoms with van der Waals surface area (Å²) < 4.78 is 28.4. The van der Waals surface area contributed by atoms with Crippen molar-refractivity contribution in [3.63, 3.8) is 0 Å². The zero-order chi connectivity index (χ0) is 28.6. The molecule has 11 heteroatoms. The molecule has 1 aliphatic carbocycles. The van der Waals surface area contributed by atoms with Crippen LogP contribution in [0, 0.1) is 16.0 Å². The minimum atomic E-state index is -1.30. The lowest BCUT2D eigenvalue weighted by molar-refractivity contribution is -0.777. The first-order valence-electron chi connectivity index (χ1n) is 12.9. The molecule has 0 aromatic rings. The van der Waals surface area contributed by atoms with Crippen molar-refractivity contribution >= 4 is 11.9 Å². The van der Waals surface area contributed by atoms with E-state index in [0.717, 1.165) is 18.9 Å². The Kier molecular flexibility index (Phi) is 10.2. The van der Waals surface area contributed by atoms with Crippen LogP contribution in [0.2, 0.25) is 0 Å². The first-order valence-corrected chi connectivity index (χ1v) is 12.9. The SMILES string of the molecule is CO[C@@H]1[C@H](OC(=O)/C=C/C=C/C=C/C=C/C(=O)OC(C)O[N+](=O)[O-])CC[C@]2(CO2)[C@H]1[C@@]1(C)O[C@@H]1CC=C(C)C. The quantitative estimate of drug-likeness (QED) is 0.0487. The third kappa shape index (κ3) is 8.35. The first-order chi connectivity index (χ1) is 18.5. The summed E-state index contributed by atoms with van der Waals surface area (Å²) in [5, 5.41) is 9.14. The molecule has 0 radical (unpaired) electrons. The van der Waals surface area contributed by atoms with Crippen LogP contribution in [0.1, 0.15) is 47.0 Å². The Morgan fingerprint density at radius 1 is 1.10 bits per heavy atom. The number of nitrogens with zero attached hydrogens (tertiary/aromatic N) is 1. The van der Waals surface area contributed by atoms with E-state index in [1.807, 2.05) is 0 Å². The van der Waals surface area contributed by atoms with Gasteiger partial charge < -0.3 is 23.7 Å². The van der Waals surface area contributed by atoms with Gasteiger partial charge in [-0.2, -0.15) is 0 Å². The van der Waals surface area contributed by atoms with Crippen LogP contribution in [-0.4, -0.2) is 66.5 Å². The van der Waals surface area contributed by atoms with Gasteiger partial charge in [-0.15, -0.1) is 10.1 Å². The molecule has 3 aliphatic rings. The Morgan fingerprint density at radius 2 is 1.72 bits per heavy atom. The highest BCUT2D eigenvalue weighted by molar-refractivity contribution is 5.82. The van der Waals surface area contributed by atoms with Crippen LogP contribution in [0.3, 0.4) is 0 Å². The molecule has 0 aromatic carbocycles. The van der Waals surface area contributed by atoms with Crippen molar-refractivity contribution in [1.82, 2.24) is 0 Å². The molecule has 1 unspecified atom stereocenters. The Morgan fingerprint density at radius 3 is 2.28 bits per heavy atom. The molecule has 0 N–H and O–H groups in total. The number of ether oxygens (including phenoxy) is 5. The van der Waals surface area contributed by atoms with E-state index in [1.54, 1.807) is 37.5 Å². The van der Waals surface area contributed by atoms with Crippen LogP contribution < -0.4 is 0 Å². The molecular weight excluding hydrogens is 510 g/mol. The lowest BCUT2D eigenvalue weighted by Crippen LogP contribution is -2.55. The standard InChI is InChI=1S/C28H37NO10/c1-19(2)14-15-22-27(4,38-22)26-25(34-5)21(16-17-28(26)18-35-28)37-24(31)13-11-9-7-6-8-10-12-23(30)36-20(3)39-29(32)33/h6-14,20-22,25-26H,15-18H2,1-5H3/b8-6+,9-7+,12-10+,13-11+/t20?,21-,22-,25-,26-,27+,28+/m1/s1. The highest BCUT2D eigenvalue weighted by Crippen LogP contribution is 2.59. The lowest BCUT2D eigenvalue weighted by atomic mass is 9.68. The van der Waals surface area contributed by atoms with Crippen LogP contribution in [-0.2, 0) is 38.1 Å². The third-order valence-corrected chi connectivity index (χ3v) is 7.04. The van der Waals surface area contributed by atoms with Crippen molar-refractivity contribution in [1.29, 1.82) is 0 Å². The lowest BCUT2D eigenvalue weighted by Gasteiger charge is -2.42. The van der Waals surface area contributed by atoms with Crippen LogP contribution in [0.5, 0.6) is 0 Å². The zero-order valence-corrected chi connectivity index (χ0v) is 22.9. The second-order valence-corrected chi connectivity index (χ2v) is 10.2. The van der Waals surface area contributed by atoms with Gasteiger partial charge in [-0.3, -0.25) is 4.84 Å². The van der Waals surface area contributed by atoms with E-state index in [1.165, 1.54) is 24.6 Å². The van der Waals surface area contributed by atoms with Crippen molar-refractivity contribution in [2.24, 2.45) is 5.92 Å². The van der Waals surface area contributed by atoms with E-state index < -0.39 is 35.0 Å². The molecule has 39 heavy (non-hydrogen) atoms. The Bertz CT molecular complexity index is 1050. The minimum absolute atomic E-state index is 0.0414. The molecule has 3 fully saturated rings. The number of carbonyl (C=O) groups is 2. The molecule has 2 heterocycles. The summed E-state index contributed by atoms with van der Waals surface area (Å²) >= 11 is 0. The number of rotatable bonds is 13. The monoisotopic (exact) mass is 547 g/mol. The van der Waals surface area contributed by atoms with Crippen molar-refractivity contribution in [2.75, 3.05) is 13.7 Å². The van der Waals surface area contributed by atoms with E-state index in [-0.39, 0.29) is 23.7 Å². The van der Waals surface area contributed by atoms with Crippen LogP contribution >= 0.6 is 0 Å². The van der Waals surface area contributed by atoms with Crippen molar-refractivity contribution < 1.29 is 43.2 Å². The maximum absolute atomic E-state index is 12.5. The molecule has 2 saturated heterocycles. The third-order valence-electron chi connectivity index (χ3n) is 7.04. The average Bonchev–Trinajstić information content (AvgIpc) is 3.77. The number of hydrogen-bond acceptors (Lipinski definition) is 10. The summed E-state index contributed by atoms with van der Waals surface area (Å²) in [7, 11) is 1.64. The van der Waals surface area contributed by atoms with Gasteiger partial charge in [-0.05, 0) is 47.0 Å². The normalized spacial score (nSPS) is 32.5. The fraction of sp³-hybridized carbons (Fsp3) is 0.571. The smallest absolute Gasteiger partial charge is 0.332 e. The number of carbonyl (C=O) groups excluding carboxylic acids is 2. The maximum atomic E-state index is 12.5. The van der Waals surface area contributed by atoms with Gasteiger partial charge in [-0.1, -0.05) is 48.1 Å². The molecular formula is C28H37NO10. The molecule has 11 nitrogen and oxygen atoms in total. The fourth-order valence-electron chi connectivity index (χ4n) is 5.13. The van der Waals surface area contributed by atoms with E-state index in [4.69, 9.17) is 18.9 Å². The predicted molar refractivity (Wildman–Crippen MR) is 140 cm³/mol. The van der Waals surface area contributed by atoms with Gasteiger partial charge in [0.05, 0.1) is 18.6 Å². The molecule has 3 rings (SSSR count). The van der Waals surface area contributed by atoms with Gasteiger partial charge in [0.2, 0.25) is 6.29 Å². The molecule has 214 valence electrons. The first kappa shape index (κ1) is 30.3. The number of methoxy groups -OCH3 is 1. The van der Waals surface area contributed by atoms with Gasteiger partial charge >= 0.3 is 11.9 Å². The predicted octanol–water partition coefficient (Wildman–Crippen LogP) is 3.93. The second kappa shape index (κ2) is 13.2. The summed E-state index contributed by atoms with van der Waals surface area (Å²) in [6, 6.07) is 0. The molecule has 1 saturated carbocycles.